The molecule has 0 saturated carbocycles. The SMILES string of the molecule is C[C@H](NC(=O)[C@H](Cc1ccc(O)cc1)NC(=O)[C@H](CCC(=O)O)NC(=O)[C@H](Cc1ccc(O)cc1)NC(=O)CNC(=O)[C@H](CO)NC(=O)[C@H](Cc1ccc(O)cc1)NC(=O)CNC(=O)CNC(=O)[C@@H](N)CC(N)=O)C(=O)N[C@@H](Cc1c[nH]c2ccccc12)C(=O)O. The Kier molecular flexibility index (Phi) is 26.7. The average molecular weight is 1270 g/mol. The second kappa shape index (κ2) is 34.4. The number of carbonyl (C=O) groups is 13. The van der Waals surface area contributed by atoms with Gasteiger partial charge in [0.1, 0.15) is 59.5 Å². The summed E-state index contributed by atoms with van der Waals surface area (Å²) in [6.07, 6.45) is -1.36. The number of aromatic hydroxyl groups is 3. The van der Waals surface area contributed by atoms with Crippen LogP contribution in [0.1, 0.15) is 48.4 Å². The lowest BCUT2D eigenvalue weighted by Crippen LogP contribution is -2.59. The lowest BCUT2D eigenvalue weighted by Gasteiger charge is -2.26. The third-order valence-corrected chi connectivity index (χ3v) is 13.7. The van der Waals surface area contributed by atoms with Crippen LogP contribution in [0.3, 0.4) is 0 Å². The third kappa shape index (κ3) is 23.5. The van der Waals surface area contributed by atoms with Crippen LogP contribution in [-0.4, -0.2) is 187 Å². The van der Waals surface area contributed by atoms with E-state index >= 15 is 0 Å². The Morgan fingerprint density at radius 2 is 0.901 bits per heavy atom. The van der Waals surface area contributed by atoms with Crippen molar-refractivity contribution in [1.29, 1.82) is 0 Å². The van der Waals surface area contributed by atoms with Crippen LogP contribution in [0.25, 0.3) is 10.9 Å². The Bertz CT molecular complexity index is 3440. The van der Waals surface area contributed by atoms with Gasteiger partial charge in [0.05, 0.1) is 38.7 Å². The number of hydrogen-bond donors (Lipinski definition) is 19. The number of nitrogens with two attached hydrogens (primary N) is 2. The monoisotopic (exact) mass is 1270 g/mol. The van der Waals surface area contributed by atoms with Gasteiger partial charge in [-0.15, -0.1) is 0 Å². The van der Waals surface area contributed by atoms with Gasteiger partial charge >= 0.3 is 11.9 Å². The molecule has 0 saturated heterocycles. The molecule has 32 nitrogen and oxygen atoms in total. The first-order valence-electron chi connectivity index (χ1n) is 28.1. The van der Waals surface area contributed by atoms with E-state index in [9.17, 15) is 93.0 Å². The van der Waals surface area contributed by atoms with Gasteiger partial charge in [0.2, 0.25) is 65.0 Å². The molecule has 0 aliphatic rings. The van der Waals surface area contributed by atoms with E-state index in [1.807, 2.05) is 0 Å². The van der Waals surface area contributed by atoms with Crippen LogP contribution < -0.4 is 64.6 Å². The number of aromatic nitrogens is 1. The quantitative estimate of drug-likeness (QED) is 0.0182. The number of phenolic OH excluding ortho intramolecular Hbond substituents is 3. The number of nitrogens with one attached hydrogen (secondary N) is 11. The number of aliphatic hydroxyl groups is 1. The van der Waals surface area contributed by atoms with Gasteiger partial charge in [-0.1, -0.05) is 54.6 Å². The fourth-order valence-electron chi connectivity index (χ4n) is 8.81. The minimum atomic E-state index is -1.81. The number of aromatic amines is 1. The van der Waals surface area contributed by atoms with Gasteiger partial charge in [-0.2, -0.15) is 0 Å². The fourth-order valence-corrected chi connectivity index (χ4v) is 8.81. The first kappa shape index (κ1) is 70.6. The standard InChI is InChI=1S/C59H71N13O19/c1-30(52(83)71-45(59(90)91)23-34-25-62-40-5-3-2-4-38(34)40)66-56(87)44(22-33-10-16-37(76)17-11-33)70-55(86)41(18-19-51(81)82)69-57(88)42(20-31-6-12-35(74)13-7-31)68-50(80)28-65-54(85)46(29-73)72-58(89)43(21-32-8-14-36(75)15-9-32)67-49(79)27-63-48(78)26-64-53(84)39(60)24-47(61)77/h2-17,25,30,39,41-46,62,73-76H,18-24,26-29,60H2,1H3,(H2,61,77)(H,63,78)(H,64,84)(H,65,85)(H,66,87)(H,67,79)(H,68,80)(H,69,88)(H,70,86)(H,71,83)(H,72,89)(H,81,82)(H,90,91)/t30-,39-,41-,42-,43-,44-,45-,46-/m0/s1. The predicted octanol–water partition coefficient (Wildman–Crippen LogP) is -4.54. The normalized spacial score (nSPS) is 13.5. The molecule has 91 heavy (non-hydrogen) atoms. The summed E-state index contributed by atoms with van der Waals surface area (Å²) in [7, 11) is 0. The van der Waals surface area contributed by atoms with Crippen LogP contribution >= 0.6 is 0 Å². The zero-order valence-electron chi connectivity index (χ0n) is 48.9. The number of aliphatic carboxylic acids is 2. The van der Waals surface area contributed by atoms with E-state index in [1.54, 1.807) is 30.5 Å². The van der Waals surface area contributed by atoms with Crippen molar-refractivity contribution in [1.82, 2.24) is 58.2 Å². The maximum Gasteiger partial charge on any atom is 0.326 e. The van der Waals surface area contributed by atoms with Gasteiger partial charge in [-0.3, -0.25) is 57.5 Å². The molecule has 0 bridgehead atoms. The van der Waals surface area contributed by atoms with E-state index in [1.165, 1.54) is 79.7 Å². The van der Waals surface area contributed by atoms with Crippen LogP contribution in [0, 0.1) is 0 Å². The van der Waals surface area contributed by atoms with Gasteiger partial charge in [-0.25, -0.2) is 4.79 Å². The third-order valence-electron chi connectivity index (χ3n) is 13.7. The number of primary amides is 1. The van der Waals surface area contributed by atoms with E-state index in [0.717, 1.165) is 10.9 Å². The molecule has 1 heterocycles. The molecule has 0 radical (unpaired) electrons. The van der Waals surface area contributed by atoms with Crippen LogP contribution in [0.5, 0.6) is 17.2 Å². The van der Waals surface area contributed by atoms with Crippen LogP contribution in [0.4, 0.5) is 0 Å². The van der Waals surface area contributed by atoms with Crippen molar-refractivity contribution in [2.45, 2.75) is 100 Å². The second-order valence-electron chi connectivity index (χ2n) is 20.8. The van der Waals surface area contributed by atoms with Gasteiger partial charge in [0, 0.05) is 49.2 Å². The topological polar surface area (TPSA) is 531 Å². The Hall–Kier alpha value is -11.2. The number of carbonyl (C=O) groups excluding carboxylic acids is 11. The van der Waals surface area contributed by atoms with Gasteiger partial charge < -0.3 is 100 Å². The highest BCUT2D eigenvalue weighted by molar-refractivity contribution is 5.98. The van der Waals surface area contributed by atoms with Crippen molar-refractivity contribution in [3.05, 3.63) is 126 Å². The number of rotatable bonds is 35. The zero-order chi connectivity index (χ0) is 66.9. The number of phenols is 3. The summed E-state index contributed by atoms with van der Waals surface area (Å²) < 4.78 is 0. The van der Waals surface area contributed by atoms with E-state index in [4.69, 9.17) is 11.5 Å². The maximum absolute atomic E-state index is 14.3. The number of H-pyrrole nitrogens is 1. The summed E-state index contributed by atoms with van der Waals surface area (Å²) in [6, 6.07) is 10.6. The molecule has 0 spiro atoms. The molecule has 8 atom stereocenters. The van der Waals surface area contributed by atoms with Crippen LogP contribution in [-0.2, 0) is 88.0 Å². The summed E-state index contributed by atoms with van der Waals surface area (Å²) in [5.74, 6) is -14.3. The van der Waals surface area contributed by atoms with Crippen molar-refractivity contribution in [3.8, 4) is 17.2 Å². The minimum absolute atomic E-state index is 0.141. The number of fused-ring (bicyclic) bond motifs is 1. The Labute approximate surface area is 518 Å². The number of para-hydroxylation sites is 1. The molecular weight excluding hydrogens is 1190 g/mol. The molecule has 5 rings (SSSR count). The molecule has 5 aromatic rings. The van der Waals surface area contributed by atoms with Crippen molar-refractivity contribution < 1.29 is 93.0 Å². The molecule has 0 aliphatic heterocycles. The zero-order valence-corrected chi connectivity index (χ0v) is 48.9. The first-order valence-corrected chi connectivity index (χ1v) is 28.1. The molecule has 11 amide bonds. The summed E-state index contributed by atoms with van der Waals surface area (Å²) in [4.78, 5) is 173. The summed E-state index contributed by atoms with van der Waals surface area (Å²) in [5.41, 5.74) is 12.9. The number of benzene rings is 4. The first-order chi connectivity index (χ1) is 43.2. The Morgan fingerprint density at radius 1 is 0.473 bits per heavy atom. The van der Waals surface area contributed by atoms with Gasteiger partial charge in [0.25, 0.3) is 0 Å². The largest absolute Gasteiger partial charge is 0.508 e. The highest BCUT2D eigenvalue weighted by Gasteiger charge is 2.34. The maximum atomic E-state index is 14.3. The second-order valence-corrected chi connectivity index (χ2v) is 20.8. The average Bonchev–Trinajstić information content (AvgIpc) is 1.83. The fraction of sp³-hybridized carbons (Fsp3) is 0.339. The van der Waals surface area contributed by atoms with E-state index in [2.05, 4.69) is 58.2 Å². The lowest BCUT2D eigenvalue weighted by molar-refractivity contribution is -0.142. The minimum Gasteiger partial charge on any atom is -0.508 e. The summed E-state index contributed by atoms with van der Waals surface area (Å²) >= 11 is 0. The van der Waals surface area contributed by atoms with Gasteiger partial charge in [-0.05, 0) is 78.1 Å². The van der Waals surface area contributed by atoms with Gasteiger partial charge in [0.15, 0.2) is 0 Å². The molecule has 0 unspecified atom stereocenters. The number of carboxylic acids is 2. The number of carboxylic acid groups (broad SMARTS) is 2. The van der Waals surface area contributed by atoms with Crippen molar-refractivity contribution in [2.24, 2.45) is 11.5 Å². The lowest BCUT2D eigenvalue weighted by atomic mass is 10.0. The molecule has 486 valence electrons. The Balaban J connectivity index is 1.27. The molecule has 0 fully saturated rings. The van der Waals surface area contributed by atoms with Crippen LogP contribution in [0.2, 0.25) is 0 Å². The van der Waals surface area contributed by atoms with E-state index in [-0.39, 0.29) is 42.9 Å². The highest BCUT2D eigenvalue weighted by atomic mass is 16.4. The van der Waals surface area contributed by atoms with Crippen molar-refractivity contribution >= 4 is 87.8 Å². The molecule has 32 heteroatoms. The smallest absolute Gasteiger partial charge is 0.326 e. The molecule has 21 N–H and O–H groups in total. The number of aliphatic hydroxyl groups excluding tert-OH is 1. The van der Waals surface area contributed by atoms with Crippen molar-refractivity contribution in [3.63, 3.8) is 0 Å². The molecule has 1 aromatic heterocycles. The molecular formula is C59H71N13O19. The highest BCUT2D eigenvalue weighted by Crippen LogP contribution is 2.20. The Morgan fingerprint density at radius 3 is 1.40 bits per heavy atom. The molecule has 0 aliphatic carbocycles. The van der Waals surface area contributed by atoms with E-state index in [0.29, 0.717) is 22.3 Å². The summed E-state index contributed by atoms with van der Waals surface area (Å²) in [6.45, 7) is -2.18. The summed E-state index contributed by atoms with van der Waals surface area (Å²) in [5, 5.41) is 83.8. The van der Waals surface area contributed by atoms with E-state index < -0.39 is 171 Å². The molecule has 4 aromatic carbocycles. The van der Waals surface area contributed by atoms with Crippen LogP contribution in [0.15, 0.2) is 103 Å². The number of amides is 11. The van der Waals surface area contributed by atoms with Crippen molar-refractivity contribution in [2.75, 3.05) is 26.2 Å². The number of hydrogen-bond acceptors (Lipinski definition) is 18. The predicted molar refractivity (Wildman–Crippen MR) is 319 cm³/mol.